The molecule has 2 aliphatic carbocycles. The van der Waals surface area contributed by atoms with Crippen LogP contribution < -0.4 is 29.3 Å². The van der Waals surface area contributed by atoms with Crippen molar-refractivity contribution in [3.05, 3.63) is 136 Å². The molecule has 2 saturated carbocycles. The summed E-state index contributed by atoms with van der Waals surface area (Å²) in [5.74, 6) is 0.773. The van der Waals surface area contributed by atoms with Crippen LogP contribution in [0.25, 0.3) is 11.0 Å². The van der Waals surface area contributed by atoms with Gasteiger partial charge in [0.25, 0.3) is 27.5 Å². The summed E-state index contributed by atoms with van der Waals surface area (Å²) in [5.41, 5.74) is 5.33. The summed E-state index contributed by atoms with van der Waals surface area (Å²) in [6.07, 6.45) is 10.2. The number of nitrogens with one attached hydrogen (secondary N) is 3. The van der Waals surface area contributed by atoms with E-state index in [2.05, 4.69) is 78.9 Å². The van der Waals surface area contributed by atoms with Crippen molar-refractivity contribution < 1.29 is 37.5 Å². The fraction of sp³-hybridized carbons (Fsp3) is 0.441. The maximum atomic E-state index is 14.2. The number of hydrogen-bond donors (Lipinski definition) is 4. The number of nitro groups is 1. The molecular formula is C59H69N9O9S. The lowest BCUT2D eigenvalue weighted by atomic mass is 9.59. The van der Waals surface area contributed by atoms with Crippen LogP contribution in [0.15, 0.2) is 108 Å². The molecule has 0 bridgehead atoms. The molecule has 2 amide bonds. The molecule has 410 valence electrons. The van der Waals surface area contributed by atoms with Gasteiger partial charge in [0.2, 0.25) is 0 Å². The summed E-state index contributed by atoms with van der Waals surface area (Å²) in [7, 11) is -2.77. The lowest BCUT2D eigenvalue weighted by Gasteiger charge is -2.58. The molecule has 1 atom stereocenters. The summed E-state index contributed by atoms with van der Waals surface area (Å²) in [6, 6.07) is 27.9. The van der Waals surface area contributed by atoms with E-state index in [1.807, 2.05) is 38.2 Å². The molecule has 4 N–H and O–H groups in total. The zero-order valence-electron chi connectivity index (χ0n) is 44.7. The number of nitro benzene ring substituents is 1. The predicted octanol–water partition coefficient (Wildman–Crippen LogP) is 9.52. The number of ether oxygens (including phenoxy) is 2. The lowest BCUT2D eigenvalue weighted by molar-refractivity contribution is -0.384. The molecule has 1 unspecified atom stereocenters. The fourth-order valence-electron chi connectivity index (χ4n) is 12.7. The second-order valence-corrected chi connectivity index (χ2v) is 24.6. The van der Waals surface area contributed by atoms with E-state index in [1.54, 1.807) is 29.3 Å². The van der Waals surface area contributed by atoms with Crippen LogP contribution in [-0.2, 0) is 21.4 Å². The molecule has 78 heavy (non-hydrogen) atoms. The van der Waals surface area contributed by atoms with Crippen LogP contribution in [0, 0.1) is 21.4 Å². The predicted molar refractivity (Wildman–Crippen MR) is 299 cm³/mol. The number of piperidine rings is 1. The molecule has 2 saturated heterocycles. The molecule has 4 fully saturated rings. The average molecular weight is 1080 g/mol. The Morgan fingerprint density at radius 1 is 0.974 bits per heavy atom. The van der Waals surface area contributed by atoms with E-state index < -0.39 is 37.0 Å². The second kappa shape index (κ2) is 21.3. The molecule has 18 nitrogen and oxygen atoms in total. The van der Waals surface area contributed by atoms with Gasteiger partial charge in [-0.05, 0) is 135 Å². The SMILES string of the molecule is CC(C)c1ccccc1C1CN(Cc2cccc3c2N(C)C(=O)CO3)CCN1C1CC2(CCN(c3ccc(C(=O)NS(=O)(=O)c4ccc(NC[C@H]5CC[C@](C)(O)CC5)c([N+](=O)[O-])c4)c(Oc4cnc5[nH]ccc5c4)c3)CC2)C1. The van der Waals surface area contributed by atoms with Crippen LogP contribution in [0.1, 0.15) is 111 Å². The topological polar surface area (TPSA) is 216 Å². The molecule has 19 heteroatoms. The number of H-pyrrole nitrogens is 1. The molecule has 5 heterocycles. The van der Waals surface area contributed by atoms with Gasteiger partial charge in [0.1, 0.15) is 28.6 Å². The van der Waals surface area contributed by atoms with Gasteiger partial charge in [0.05, 0.1) is 32.9 Å². The van der Waals surface area contributed by atoms with Gasteiger partial charge in [-0.2, -0.15) is 0 Å². The highest BCUT2D eigenvalue weighted by Crippen LogP contribution is 2.54. The normalized spacial score (nSPS) is 22.0. The molecule has 11 rings (SSSR count). The van der Waals surface area contributed by atoms with Crippen LogP contribution in [0.5, 0.6) is 17.2 Å². The lowest BCUT2D eigenvalue weighted by Crippen LogP contribution is -2.60. The average Bonchev–Trinajstić information content (AvgIpc) is 4.05. The van der Waals surface area contributed by atoms with Crippen molar-refractivity contribution in [1.82, 2.24) is 24.5 Å². The van der Waals surface area contributed by atoms with E-state index in [0.717, 1.165) is 105 Å². The number of anilines is 3. The zero-order chi connectivity index (χ0) is 54.5. The highest BCUT2D eigenvalue weighted by atomic mass is 32.2. The maximum Gasteiger partial charge on any atom is 0.293 e. The minimum atomic E-state index is -4.60. The molecule has 5 aliphatic rings. The number of carbonyl (C=O) groups excluding carboxylic acids is 2. The van der Waals surface area contributed by atoms with Gasteiger partial charge < -0.3 is 34.7 Å². The first-order valence-corrected chi connectivity index (χ1v) is 28.8. The number of aromatic nitrogens is 2. The van der Waals surface area contributed by atoms with Crippen LogP contribution in [-0.4, -0.2) is 115 Å². The van der Waals surface area contributed by atoms with E-state index in [1.165, 1.54) is 29.5 Å². The number of carbonyl (C=O) groups is 2. The molecule has 4 aromatic carbocycles. The van der Waals surface area contributed by atoms with E-state index >= 15 is 0 Å². The Bertz CT molecular complexity index is 3360. The Balaban J connectivity index is 0.782. The van der Waals surface area contributed by atoms with Crippen molar-refractivity contribution in [2.75, 3.05) is 68.0 Å². The molecule has 6 aromatic rings. The van der Waals surface area contributed by atoms with Crippen LogP contribution in [0.2, 0.25) is 0 Å². The number of aliphatic hydroxyl groups is 1. The van der Waals surface area contributed by atoms with E-state index in [-0.39, 0.29) is 46.9 Å². The van der Waals surface area contributed by atoms with Crippen LogP contribution >= 0.6 is 0 Å². The fourth-order valence-corrected chi connectivity index (χ4v) is 13.7. The number of benzene rings is 4. The molecule has 1 spiro atoms. The Hall–Kier alpha value is -7.06. The molecule has 0 radical (unpaired) electrons. The minimum Gasteiger partial charge on any atom is -0.482 e. The highest BCUT2D eigenvalue weighted by Gasteiger charge is 2.50. The summed E-state index contributed by atoms with van der Waals surface area (Å²) in [5, 5.41) is 26.5. The van der Waals surface area contributed by atoms with Gasteiger partial charge in [-0.1, -0.05) is 50.2 Å². The van der Waals surface area contributed by atoms with Gasteiger partial charge in [-0.25, -0.2) is 18.1 Å². The third kappa shape index (κ3) is 10.9. The highest BCUT2D eigenvalue weighted by molar-refractivity contribution is 7.90. The van der Waals surface area contributed by atoms with Crippen LogP contribution in [0.3, 0.4) is 0 Å². The standard InChI is InChI=1S/C59H69N9O9S/c1-38(2)46-9-5-6-10-47(46)51-36-65(35-41-8-7-11-52-55(41)64(4)54(69)37-76-52)26-27-67(51)43-31-59(32-43)21-24-66(25-22-59)42-12-14-48(53(29-42)77-44-28-40-18-23-60-56(40)62-34-44)57(70)63-78(74,75)45-13-15-49(50(30-45)68(72)73)61-33-39-16-19-58(3,71)20-17-39/h5-15,18,23,28-30,34,38-39,43,51,61,71H,16-17,19-22,24-27,31-33,35-37H2,1-4H3,(H,60,62)(H,63,70)/t39-,51?,58-. The molecule has 3 aliphatic heterocycles. The smallest absolute Gasteiger partial charge is 0.293 e. The quantitative estimate of drug-likeness (QED) is 0.0557. The number of fused-ring (bicyclic) bond motifs is 2. The third-order valence-corrected chi connectivity index (χ3v) is 18.6. The van der Waals surface area contributed by atoms with Gasteiger partial charge in [-0.3, -0.25) is 29.5 Å². The van der Waals surface area contributed by atoms with Crippen molar-refractivity contribution in [2.24, 2.45) is 11.3 Å². The van der Waals surface area contributed by atoms with Crippen molar-refractivity contribution in [3.63, 3.8) is 0 Å². The summed E-state index contributed by atoms with van der Waals surface area (Å²) in [6.45, 7) is 11.8. The number of rotatable bonds is 15. The summed E-state index contributed by atoms with van der Waals surface area (Å²) < 4.78 is 42.2. The zero-order valence-corrected chi connectivity index (χ0v) is 45.6. The maximum absolute atomic E-state index is 14.2. The first-order valence-electron chi connectivity index (χ1n) is 27.3. The number of sulfonamides is 1. The number of likely N-dealkylation sites (N-methyl/N-ethyl adjacent to an activating group) is 1. The van der Waals surface area contributed by atoms with Gasteiger partial charge in [0.15, 0.2) is 6.61 Å². The summed E-state index contributed by atoms with van der Waals surface area (Å²) in [4.78, 5) is 54.9. The Morgan fingerprint density at radius 3 is 2.53 bits per heavy atom. The van der Waals surface area contributed by atoms with Gasteiger partial charge in [-0.15, -0.1) is 0 Å². The Kier molecular flexibility index (Phi) is 14.5. The Morgan fingerprint density at radius 2 is 1.76 bits per heavy atom. The van der Waals surface area contributed by atoms with Crippen molar-refractivity contribution in [3.8, 4) is 17.2 Å². The number of nitrogens with zero attached hydrogens (tertiary/aromatic N) is 6. The number of para-hydroxylation sites is 1. The number of piperazine rings is 1. The van der Waals surface area contributed by atoms with E-state index in [0.29, 0.717) is 49.3 Å². The van der Waals surface area contributed by atoms with Crippen molar-refractivity contribution in [2.45, 2.75) is 107 Å². The Labute approximate surface area is 455 Å². The van der Waals surface area contributed by atoms with E-state index in [4.69, 9.17) is 9.47 Å². The molecule has 2 aromatic heterocycles. The first-order chi connectivity index (χ1) is 37.4. The number of hydrogen-bond acceptors (Lipinski definition) is 14. The summed E-state index contributed by atoms with van der Waals surface area (Å²) >= 11 is 0. The van der Waals surface area contributed by atoms with Gasteiger partial charge in [0, 0.05) is 94.3 Å². The number of aromatic amines is 1. The minimum absolute atomic E-state index is 0.0423. The van der Waals surface area contributed by atoms with Gasteiger partial charge >= 0.3 is 0 Å². The largest absolute Gasteiger partial charge is 0.482 e. The first kappa shape index (κ1) is 53.0. The monoisotopic (exact) mass is 1080 g/mol. The third-order valence-electron chi connectivity index (χ3n) is 17.3. The second-order valence-electron chi connectivity index (χ2n) is 22.9. The number of amides is 2. The van der Waals surface area contributed by atoms with Crippen molar-refractivity contribution >= 4 is 55.6 Å². The van der Waals surface area contributed by atoms with Crippen LogP contribution in [0.4, 0.5) is 22.7 Å². The molecular weight excluding hydrogens is 1010 g/mol. The van der Waals surface area contributed by atoms with Crippen molar-refractivity contribution in [1.29, 1.82) is 0 Å². The number of pyridine rings is 1. The van der Waals surface area contributed by atoms with E-state index in [9.17, 15) is 33.2 Å².